The van der Waals surface area contributed by atoms with Gasteiger partial charge in [-0.15, -0.1) is 0 Å². The van der Waals surface area contributed by atoms with E-state index >= 15 is 0 Å². The SMILES string of the molecule is CCC1(C(=O)NC(CC(C)C)C(=O)O)CCNC1. The first-order valence-electron chi connectivity index (χ1n) is 6.66. The summed E-state index contributed by atoms with van der Waals surface area (Å²) in [4.78, 5) is 23.4. The quantitative estimate of drug-likeness (QED) is 0.662. The van der Waals surface area contributed by atoms with Gasteiger partial charge in [0.1, 0.15) is 6.04 Å². The van der Waals surface area contributed by atoms with E-state index < -0.39 is 17.4 Å². The van der Waals surface area contributed by atoms with Crippen LogP contribution in [-0.4, -0.2) is 36.1 Å². The average Bonchev–Trinajstić information content (AvgIpc) is 2.77. The second-order valence-electron chi connectivity index (χ2n) is 5.55. The molecule has 1 fully saturated rings. The molecule has 5 nitrogen and oxygen atoms in total. The zero-order chi connectivity index (χ0) is 13.8. The fourth-order valence-corrected chi connectivity index (χ4v) is 2.40. The minimum Gasteiger partial charge on any atom is -0.480 e. The van der Waals surface area contributed by atoms with Crippen LogP contribution in [0.25, 0.3) is 0 Å². The van der Waals surface area contributed by atoms with Crippen LogP contribution in [0.4, 0.5) is 0 Å². The van der Waals surface area contributed by atoms with Crippen molar-refractivity contribution in [2.75, 3.05) is 13.1 Å². The van der Waals surface area contributed by atoms with Crippen LogP contribution in [0, 0.1) is 11.3 Å². The molecule has 1 rings (SSSR count). The maximum atomic E-state index is 12.3. The molecular weight excluding hydrogens is 232 g/mol. The van der Waals surface area contributed by atoms with Gasteiger partial charge in [0, 0.05) is 6.54 Å². The van der Waals surface area contributed by atoms with Gasteiger partial charge in [0.05, 0.1) is 5.41 Å². The number of nitrogens with one attached hydrogen (secondary N) is 2. The smallest absolute Gasteiger partial charge is 0.326 e. The maximum Gasteiger partial charge on any atom is 0.326 e. The molecule has 5 heteroatoms. The van der Waals surface area contributed by atoms with Crippen molar-refractivity contribution in [3.8, 4) is 0 Å². The van der Waals surface area contributed by atoms with Crippen molar-refractivity contribution in [1.82, 2.24) is 10.6 Å². The highest BCUT2D eigenvalue weighted by molar-refractivity contribution is 5.87. The summed E-state index contributed by atoms with van der Waals surface area (Å²) < 4.78 is 0. The molecule has 0 saturated carbocycles. The summed E-state index contributed by atoms with van der Waals surface area (Å²) in [7, 11) is 0. The predicted octanol–water partition coefficient (Wildman–Crippen LogP) is 0.992. The van der Waals surface area contributed by atoms with Crippen LogP contribution >= 0.6 is 0 Å². The van der Waals surface area contributed by atoms with Gasteiger partial charge in [-0.05, 0) is 31.7 Å². The molecule has 1 saturated heterocycles. The fraction of sp³-hybridized carbons (Fsp3) is 0.846. The van der Waals surface area contributed by atoms with E-state index in [1.807, 2.05) is 20.8 Å². The Morgan fingerprint density at radius 3 is 2.50 bits per heavy atom. The van der Waals surface area contributed by atoms with Gasteiger partial charge in [0.25, 0.3) is 0 Å². The Morgan fingerprint density at radius 2 is 2.11 bits per heavy atom. The molecule has 1 heterocycles. The van der Waals surface area contributed by atoms with E-state index in [1.165, 1.54) is 0 Å². The molecule has 2 unspecified atom stereocenters. The van der Waals surface area contributed by atoms with E-state index in [-0.39, 0.29) is 11.8 Å². The van der Waals surface area contributed by atoms with Crippen molar-refractivity contribution in [3.05, 3.63) is 0 Å². The first-order chi connectivity index (χ1) is 8.41. The van der Waals surface area contributed by atoms with Crippen LogP contribution < -0.4 is 10.6 Å². The van der Waals surface area contributed by atoms with E-state index in [9.17, 15) is 9.59 Å². The topological polar surface area (TPSA) is 78.4 Å². The summed E-state index contributed by atoms with van der Waals surface area (Å²) in [6.45, 7) is 7.35. The number of carboxylic acid groups (broad SMARTS) is 1. The van der Waals surface area contributed by atoms with Gasteiger partial charge in [-0.2, -0.15) is 0 Å². The van der Waals surface area contributed by atoms with Crippen molar-refractivity contribution in [3.63, 3.8) is 0 Å². The number of hydrogen-bond acceptors (Lipinski definition) is 3. The Hall–Kier alpha value is -1.10. The summed E-state index contributed by atoms with van der Waals surface area (Å²) in [5.41, 5.74) is -0.426. The molecule has 104 valence electrons. The van der Waals surface area contributed by atoms with E-state index in [2.05, 4.69) is 10.6 Å². The lowest BCUT2D eigenvalue weighted by molar-refractivity contribution is -0.144. The first-order valence-corrected chi connectivity index (χ1v) is 6.66. The predicted molar refractivity (Wildman–Crippen MR) is 69.2 cm³/mol. The van der Waals surface area contributed by atoms with Crippen LogP contribution in [0.15, 0.2) is 0 Å². The largest absolute Gasteiger partial charge is 0.480 e. The molecule has 1 amide bonds. The van der Waals surface area contributed by atoms with E-state index in [0.717, 1.165) is 19.4 Å². The van der Waals surface area contributed by atoms with Crippen molar-refractivity contribution >= 4 is 11.9 Å². The van der Waals surface area contributed by atoms with Gasteiger partial charge in [-0.3, -0.25) is 4.79 Å². The number of carbonyl (C=O) groups is 2. The van der Waals surface area contributed by atoms with Gasteiger partial charge < -0.3 is 15.7 Å². The molecule has 2 atom stereocenters. The van der Waals surface area contributed by atoms with E-state index in [4.69, 9.17) is 5.11 Å². The van der Waals surface area contributed by atoms with Crippen LogP contribution in [0.1, 0.15) is 40.0 Å². The lowest BCUT2D eigenvalue weighted by atomic mass is 9.83. The Labute approximate surface area is 108 Å². The second-order valence-corrected chi connectivity index (χ2v) is 5.55. The zero-order valence-corrected chi connectivity index (χ0v) is 11.5. The van der Waals surface area contributed by atoms with Gasteiger partial charge in [-0.1, -0.05) is 20.8 Å². The zero-order valence-electron chi connectivity index (χ0n) is 11.5. The standard InChI is InChI=1S/C13H24N2O3/c1-4-13(5-6-14-8-13)12(18)15-10(11(16)17)7-9(2)3/h9-10,14H,4-8H2,1-3H3,(H,15,18)(H,16,17). The van der Waals surface area contributed by atoms with Gasteiger partial charge in [0.15, 0.2) is 0 Å². The minimum absolute atomic E-state index is 0.122. The number of carboxylic acids is 1. The summed E-state index contributed by atoms with van der Waals surface area (Å²) in [6.07, 6.45) is 1.98. The molecule has 3 N–H and O–H groups in total. The summed E-state index contributed by atoms with van der Waals surface area (Å²) in [5, 5.41) is 15.0. The minimum atomic E-state index is -0.950. The maximum absolute atomic E-state index is 12.3. The summed E-state index contributed by atoms with van der Waals surface area (Å²) in [5.74, 6) is -0.831. The molecule has 0 radical (unpaired) electrons. The molecule has 1 aliphatic rings. The fourth-order valence-electron chi connectivity index (χ4n) is 2.40. The van der Waals surface area contributed by atoms with E-state index in [0.29, 0.717) is 13.0 Å². The second kappa shape index (κ2) is 6.18. The third-order valence-electron chi connectivity index (χ3n) is 3.71. The molecule has 0 aromatic carbocycles. The number of aliphatic carboxylic acids is 1. The lowest BCUT2D eigenvalue weighted by Gasteiger charge is -2.27. The Balaban J connectivity index is 2.68. The summed E-state index contributed by atoms with van der Waals surface area (Å²) >= 11 is 0. The Morgan fingerprint density at radius 1 is 1.44 bits per heavy atom. The summed E-state index contributed by atoms with van der Waals surface area (Å²) in [6, 6.07) is -0.776. The van der Waals surface area contributed by atoms with Crippen LogP contribution in [-0.2, 0) is 9.59 Å². The molecule has 18 heavy (non-hydrogen) atoms. The molecule has 0 spiro atoms. The van der Waals surface area contributed by atoms with Crippen LogP contribution in [0.3, 0.4) is 0 Å². The lowest BCUT2D eigenvalue weighted by Crippen LogP contribution is -2.49. The number of carbonyl (C=O) groups excluding carboxylic acids is 1. The van der Waals surface area contributed by atoms with Gasteiger partial charge >= 0.3 is 5.97 Å². The number of rotatable bonds is 6. The van der Waals surface area contributed by atoms with Crippen molar-refractivity contribution in [2.45, 2.75) is 46.1 Å². The Bertz CT molecular complexity index is 309. The van der Waals surface area contributed by atoms with Crippen molar-refractivity contribution in [1.29, 1.82) is 0 Å². The van der Waals surface area contributed by atoms with Crippen molar-refractivity contribution < 1.29 is 14.7 Å². The molecule has 0 aromatic heterocycles. The number of amides is 1. The highest BCUT2D eigenvalue weighted by Gasteiger charge is 2.40. The molecular formula is C13H24N2O3. The van der Waals surface area contributed by atoms with E-state index in [1.54, 1.807) is 0 Å². The normalized spacial score (nSPS) is 25.1. The third kappa shape index (κ3) is 3.45. The highest BCUT2D eigenvalue weighted by atomic mass is 16.4. The number of hydrogen-bond donors (Lipinski definition) is 3. The highest BCUT2D eigenvalue weighted by Crippen LogP contribution is 2.29. The molecule has 0 aliphatic carbocycles. The van der Waals surface area contributed by atoms with Gasteiger partial charge in [0.2, 0.25) is 5.91 Å². The van der Waals surface area contributed by atoms with Crippen LogP contribution in [0.2, 0.25) is 0 Å². The molecule has 1 aliphatic heterocycles. The van der Waals surface area contributed by atoms with Crippen LogP contribution in [0.5, 0.6) is 0 Å². The van der Waals surface area contributed by atoms with Gasteiger partial charge in [-0.25, -0.2) is 4.79 Å². The molecule has 0 bridgehead atoms. The third-order valence-corrected chi connectivity index (χ3v) is 3.71. The molecule has 0 aromatic rings. The van der Waals surface area contributed by atoms with Crippen molar-refractivity contribution in [2.24, 2.45) is 11.3 Å². The first kappa shape index (κ1) is 15.0. The average molecular weight is 256 g/mol. The monoisotopic (exact) mass is 256 g/mol. The Kier molecular flexibility index (Phi) is 5.14.